The summed E-state index contributed by atoms with van der Waals surface area (Å²) < 4.78 is 20.6. The molecule has 0 radical (unpaired) electrons. The summed E-state index contributed by atoms with van der Waals surface area (Å²) in [5.74, 6) is -0.302. The van der Waals surface area contributed by atoms with Gasteiger partial charge in [0, 0.05) is 70.2 Å². The first-order valence-electron chi connectivity index (χ1n) is 9.98. The van der Waals surface area contributed by atoms with Crippen molar-refractivity contribution < 1.29 is 9.18 Å². The average molecular weight is 434 g/mol. The molecule has 1 aliphatic heterocycles. The van der Waals surface area contributed by atoms with Crippen molar-refractivity contribution in [3.05, 3.63) is 47.7 Å². The number of nitrogens with zero attached hydrogens (tertiary/aromatic N) is 4. The fourth-order valence-electron chi connectivity index (χ4n) is 3.37. The molecule has 0 saturated carbocycles. The molecule has 162 valence electrons. The highest BCUT2D eigenvalue weighted by Crippen LogP contribution is 2.22. The maximum Gasteiger partial charge on any atom is 0.272 e. The average Bonchev–Trinajstić information content (AvgIpc) is 2.75. The van der Waals surface area contributed by atoms with Crippen molar-refractivity contribution in [1.29, 1.82) is 0 Å². The van der Waals surface area contributed by atoms with Gasteiger partial charge in [-0.1, -0.05) is 6.92 Å². The molecule has 3 heterocycles. The number of anilines is 2. The lowest BCUT2D eigenvalue weighted by Crippen LogP contribution is -2.51. The van der Waals surface area contributed by atoms with Crippen LogP contribution in [0, 0.1) is 5.82 Å². The second kappa shape index (κ2) is 10.6. The zero-order valence-electron chi connectivity index (χ0n) is 17.5. The highest BCUT2D eigenvalue weighted by atomic mass is 32.2. The van der Waals surface area contributed by atoms with Gasteiger partial charge in [-0.15, -0.1) is 0 Å². The SMILES string of the molecule is CCNSNc1cc(CN2CCN(c3cnc(C(=O)NC)c(F)c3)CC2C)ccn1. The predicted molar refractivity (Wildman–Crippen MR) is 119 cm³/mol. The van der Waals surface area contributed by atoms with Crippen LogP contribution in [-0.4, -0.2) is 60.0 Å². The van der Waals surface area contributed by atoms with Crippen LogP contribution in [0.3, 0.4) is 0 Å². The zero-order chi connectivity index (χ0) is 21.5. The van der Waals surface area contributed by atoms with E-state index in [1.807, 2.05) is 19.2 Å². The van der Waals surface area contributed by atoms with Gasteiger partial charge in [-0.25, -0.2) is 19.1 Å². The molecule has 3 N–H and O–H groups in total. The lowest BCUT2D eigenvalue weighted by atomic mass is 10.1. The molecule has 0 bridgehead atoms. The van der Waals surface area contributed by atoms with Crippen LogP contribution in [0.15, 0.2) is 30.6 Å². The number of amides is 1. The van der Waals surface area contributed by atoms with E-state index in [0.29, 0.717) is 5.69 Å². The van der Waals surface area contributed by atoms with Crippen LogP contribution in [-0.2, 0) is 6.54 Å². The number of rotatable bonds is 8. The van der Waals surface area contributed by atoms with E-state index in [0.717, 1.165) is 38.5 Å². The van der Waals surface area contributed by atoms with E-state index >= 15 is 0 Å². The zero-order valence-corrected chi connectivity index (χ0v) is 18.3. The largest absolute Gasteiger partial charge is 0.367 e. The summed E-state index contributed by atoms with van der Waals surface area (Å²) in [6, 6.07) is 5.75. The molecule has 1 fully saturated rings. The van der Waals surface area contributed by atoms with Crippen LogP contribution in [0.25, 0.3) is 0 Å². The molecule has 8 nitrogen and oxygen atoms in total. The van der Waals surface area contributed by atoms with Crippen LogP contribution in [0.2, 0.25) is 0 Å². The quantitative estimate of drug-likeness (QED) is 0.432. The summed E-state index contributed by atoms with van der Waals surface area (Å²) in [5, 5.41) is 2.40. The van der Waals surface area contributed by atoms with Gasteiger partial charge >= 0.3 is 0 Å². The number of carbonyl (C=O) groups excluding carboxylic acids is 1. The van der Waals surface area contributed by atoms with E-state index in [4.69, 9.17) is 0 Å². The Morgan fingerprint density at radius 1 is 1.33 bits per heavy atom. The summed E-state index contributed by atoms with van der Waals surface area (Å²) in [7, 11) is 1.46. The van der Waals surface area contributed by atoms with Crippen molar-refractivity contribution >= 4 is 29.5 Å². The number of hydrogen-bond donors (Lipinski definition) is 3. The number of pyridine rings is 2. The molecule has 1 atom stereocenters. The van der Waals surface area contributed by atoms with E-state index in [-0.39, 0.29) is 11.7 Å². The van der Waals surface area contributed by atoms with E-state index in [2.05, 4.69) is 47.5 Å². The molecule has 1 amide bonds. The fraction of sp³-hybridized carbons (Fsp3) is 0.450. The van der Waals surface area contributed by atoms with Crippen LogP contribution in [0.1, 0.15) is 29.9 Å². The summed E-state index contributed by atoms with van der Waals surface area (Å²) >= 11 is 1.42. The smallest absolute Gasteiger partial charge is 0.272 e. The van der Waals surface area contributed by atoms with Crippen LogP contribution < -0.4 is 19.7 Å². The lowest BCUT2D eigenvalue weighted by molar-refractivity contribution is 0.0953. The minimum atomic E-state index is -0.603. The molecule has 1 aliphatic rings. The Morgan fingerprint density at radius 2 is 2.17 bits per heavy atom. The normalized spacial score (nSPS) is 17.1. The van der Waals surface area contributed by atoms with E-state index < -0.39 is 11.7 Å². The van der Waals surface area contributed by atoms with Gasteiger partial charge in [0.05, 0.1) is 11.9 Å². The molecule has 0 aromatic carbocycles. The Bertz CT molecular complexity index is 869. The molecule has 0 aliphatic carbocycles. The molecule has 2 aromatic rings. The number of piperazine rings is 1. The van der Waals surface area contributed by atoms with Gasteiger partial charge in [0.2, 0.25) is 0 Å². The first-order valence-corrected chi connectivity index (χ1v) is 10.8. The Morgan fingerprint density at radius 3 is 2.87 bits per heavy atom. The van der Waals surface area contributed by atoms with Gasteiger partial charge in [-0.05, 0) is 24.6 Å². The van der Waals surface area contributed by atoms with E-state index in [1.54, 1.807) is 6.20 Å². The van der Waals surface area contributed by atoms with Crippen LogP contribution in [0.5, 0.6) is 0 Å². The fourth-order valence-corrected chi connectivity index (χ4v) is 3.81. The number of nitrogens with one attached hydrogen (secondary N) is 3. The minimum absolute atomic E-state index is 0.178. The van der Waals surface area contributed by atoms with E-state index in [9.17, 15) is 9.18 Å². The standard InChI is InChI=1S/C20H28FN7OS/c1-4-25-30-26-18-9-15(5-6-23-18)13-27-7-8-28(12-14(27)2)16-10-17(21)19(24-11-16)20(29)22-3/h5-6,9-11,14,25H,4,7-8,12-13H2,1-3H3,(H,22,29)(H,23,26). The van der Waals surface area contributed by atoms with Crippen molar-refractivity contribution in [2.24, 2.45) is 0 Å². The van der Waals surface area contributed by atoms with Gasteiger partial charge in [0.25, 0.3) is 5.91 Å². The van der Waals surface area contributed by atoms with Crippen molar-refractivity contribution in [3.63, 3.8) is 0 Å². The molecule has 2 aromatic heterocycles. The molecule has 0 spiro atoms. The lowest BCUT2D eigenvalue weighted by Gasteiger charge is -2.41. The Labute approximate surface area is 180 Å². The monoisotopic (exact) mass is 433 g/mol. The van der Waals surface area contributed by atoms with Crippen LogP contribution >= 0.6 is 12.1 Å². The minimum Gasteiger partial charge on any atom is -0.367 e. The maximum atomic E-state index is 14.3. The highest BCUT2D eigenvalue weighted by Gasteiger charge is 2.25. The predicted octanol–water partition coefficient (Wildman–Crippen LogP) is 2.27. The highest BCUT2D eigenvalue weighted by molar-refractivity contribution is 7.98. The van der Waals surface area contributed by atoms with Crippen molar-refractivity contribution in [3.8, 4) is 0 Å². The Hall–Kier alpha value is -2.43. The van der Waals surface area contributed by atoms with Gasteiger partial charge in [-0.2, -0.15) is 0 Å². The summed E-state index contributed by atoms with van der Waals surface area (Å²) in [4.78, 5) is 24.5. The first-order chi connectivity index (χ1) is 14.5. The molecular formula is C20H28FN7OS. The van der Waals surface area contributed by atoms with Crippen LogP contribution in [0.4, 0.5) is 15.9 Å². The number of carbonyl (C=O) groups is 1. The van der Waals surface area contributed by atoms with Gasteiger partial charge in [0.1, 0.15) is 5.82 Å². The van der Waals surface area contributed by atoms with Gasteiger partial charge < -0.3 is 14.9 Å². The topological polar surface area (TPSA) is 85.4 Å². The number of halogens is 1. The maximum absolute atomic E-state index is 14.3. The van der Waals surface area contributed by atoms with Crippen molar-refractivity contribution in [1.82, 2.24) is 24.9 Å². The second-order valence-corrected chi connectivity index (χ2v) is 7.82. The van der Waals surface area contributed by atoms with Gasteiger partial charge in [0.15, 0.2) is 11.5 Å². The molecule has 3 rings (SSSR count). The molecule has 1 unspecified atom stereocenters. The summed E-state index contributed by atoms with van der Waals surface area (Å²) in [6.45, 7) is 8.26. The van der Waals surface area contributed by atoms with E-state index in [1.165, 1.54) is 30.8 Å². The second-order valence-electron chi connectivity index (χ2n) is 7.12. The Kier molecular flexibility index (Phi) is 7.83. The van der Waals surface area contributed by atoms with Gasteiger partial charge in [-0.3, -0.25) is 9.69 Å². The molecular weight excluding hydrogens is 405 g/mol. The third kappa shape index (κ3) is 5.59. The summed E-state index contributed by atoms with van der Waals surface area (Å²) in [6.07, 6.45) is 3.38. The van der Waals surface area contributed by atoms with Crippen molar-refractivity contribution in [2.45, 2.75) is 26.4 Å². The Balaban J connectivity index is 1.60. The summed E-state index contributed by atoms with van der Waals surface area (Å²) in [5.41, 5.74) is 1.71. The van der Waals surface area contributed by atoms with Crippen molar-refractivity contribution in [2.75, 3.05) is 42.8 Å². The molecule has 30 heavy (non-hydrogen) atoms. The third-order valence-electron chi connectivity index (χ3n) is 4.98. The number of hydrogen-bond acceptors (Lipinski definition) is 8. The first kappa shape index (κ1) is 22.3. The molecule has 10 heteroatoms. The molecule has 1 saturated heterocycles. The third-order valence-corrected chi connectivity index (χ3v) is 5.73. The number of aromatic nitrogens is 2.